The Hall–Kier alpha value is -2.04. The molecule has 5 nitrogen and oxygen atoms in total. The second kappa shape index (κ2) is 4.99. The van der Waals surface area contributed by atoms with Crippen LogP contribution in [-0.2, 0) is 16.0 Å². The van der Waals surface area contributed by atoms with E-state index < -0.39 is 5.97 Å². The van der Waals surface area contributed by atoms with Crippen molar-refractivity contribution in [2.45, 2.75) is 6.42 Å². The quantitative estimate of drug-likeness (QED) is 0.645. The van der Waals surface area contributed by atoms with Crippen LogP contribution < -0.4 is 11.1 Å². The lowest BCUT2D eigenvalue weighted by atomic mass is 10.1. The van der Waals surface area contributed by atoms with Gasteiger partial charge in [-0.1, -0.05) is 12.1 Å². The summed E-state index contributed by atoms with van der Waals surface area (Å²) in [6.07, 6.45) is 0.194. The van der Waals surface area contributed by atoms with E-state index in [1.54, 1.807) is 24.3 Å². The van der Waals surface area contributed by atoms with Gasteiger partial charge in [-0.3, -0.25) is 9.59 Å². The molecule has 1 aromatic carbocycles. The summed E-state index contributed by atoms with van der Waals surface area (Å²) in [7, 11) is 0. The van der Waals surface area contributed by atoms with Gasteiger partial charge in [0.15, 0.2) is 0 Å². The number of carbonyl (C=O) groups is 2. The Bertz CT molecular complexity index is 359. The zero-order valence-corrected chi connectivity index (χ0v) is 8.06. The fraction of sp³-hybridized carbons (Fsp3) is 0.200. The maximum Gasteiger partial charge on any atom is 0.322 e. The van der Waals surface area contributed by atoms with Gasteiger partial charge in [0.2, 0.25) is 5.91 Å². The number of aliphatic carboxylic acids is 1. The molecule has 4 N–H and O–H groups in total. The number of primary amides is 1. The van der Waals surface area contributed by atoms with Crippen molar-refractivity contribution in [2.24, 2.45) is 5.73 Å². The van der Waals surface area contributed by atoms with Crippen LogP contribution in [0.25, 0.3) is 0 Å². The highest BCUT2D eigenvalue weighted by Crippen LogP contribution is 2.09. The third-order valence-electron chi connectivity index (χ3n) is 1.78. The van der Waals surface area contributed by atoms with E-state index in [0.717, 1.165) is 5.56 Å². The minimum atomic E-state index is -0.920. The molecule has 0 spiro atoms. The largest absolute Gasteiger partial charge is 0.480 e. The van der Waals surface area contributed by atoms with Gasteiger partial charge < -0.3 is 16.2 Å². The Balaban J connectivity index is 2.56. The Morgan fingerprint density at radius 1 is 1.27 bits per heavy atom. The number of rotatable bonds is 5. The highest BCUT2D eigenvalue weighted by molar-refractivity contribution is 5.77. The highest BCUT2D eigenvalue weighted by Gasteiger charge is 1.99. The first-order valence-corrected chi connectivity index (χ1v) is 4.41. The first-order chi connectivity index (χ1) is 7.08. The molecule has 15 heavy (non-hydrogen) atoms. The zero-order valence-electron chi connectivity index (χ0n) is 8.06. The third-order valence-corrected chi connectivity index (χ3v) is 1.78. The van der Waals surface area contributed by atoms with Crippen molar-refractivity contribution in [1.29, 1.82) is 0 Å². The van der Waals surface area contributed by atoms with Crippen LogP contribution in [0.3, 0.4) is 0 Å². The summed E-state index contributed by atoms with van der Waals surface area (Å²) in [5, 5.41) is 11.1. The maximum absolute atomic E-state index is 10.6. The maximum atomic E-state index is 10.6. The predicted octanol–water partition coefficient (Wildman–Crippen LogP) is 0.211. The minimum Gasteiger partial charge on any atom is -0.480 e. The molecule has 0 aliphatic rings. The molecule has 5 heteroatoms. The molecule has 0 unspecified atom stereocenters. The number of nitrogens with two attached hydrogens (primary N) is 1. The molecule has 1 aromatic rings. The second-order valence-electron chi connectivity index (χ2n) is 3.09. The van der Waals surface area contributed by atoms with Gasteiger partial charge in [-0.25, -0.2) is 0 Å². The fourth-order valence-corrected chi connectivity index (χ4v) is 1.12. The summed E-state index contributed by atoms with van der Waals surface area (Å²) in [6, 6.07) is 6.88. The number of amides is 1. The number of hydrogen-bond acceptors (Lipinski definition) is 3. The first-order valence-electron chi connectivity index (χ1n) is 4.41. The van der Waals surface area contributed by atoms with Gasteiger partial charge in [-0.2, -0.15) is 0 Å². The lowest BCUT2D eigenvalue weighted by molar-refractivity contribution is -0.135. The lowest BCUT2D eigenvalue weighted by Crippen LogP contribution is -2.14. The van der Waals surface area contributed by atoms with Crippen molar-refractivity contribution < 1.29 is 14.7 Å². The molecule has 0 heterocycles. The van der Waals surface area contributed by atoms with Crippen molar-refractivity contribution in [1.82, 2.24) is 0 Å². The van der Waals surface area contributed by atoms with Crippen molar-refractivity contribution in [2.75, 3.05) is 11.9 Å². The fourth-order valence-electron chi connectivity index (χ4n) is 1.12. The van der Waals surface area contributed by atoms with E-state index in [1.807, 2.05) is 0 Å². The number of carbonyl (C=O) groups excluding carboxylic acids is 1. The Morgan fingerprint density at radius 2 is 1.87 bits per heavy atom. The molecule has 1 rings (SSSR count). The van der Waals surface area contributed by atoms with Crippen LogP contribution in [0, 0.1) is 0 Å². The van der Waals surface area contributed by atoms with Crippen LogP contribution in [0.1, 0.15) is 5.56 Å². The summed E-state index contributed by atoms with van der Waals surface area (Å²) in [6.45, 7) is -0.130. The molecule has 0 radical (unpaired) electrons. The van der Waals surface area contributed by atoms with Crippen LogP contribution in [0.15, 0.2) is 24.3 Å². The lowest BCUT2D eigenvalue weighted by Gasteiger charge is -2.04. The summed E-state index contributed by atoms with van der Waals surface area (Å²) < 4.78 is 0. The van der Waals surface area contributed by atoms with E-state index in [0.29, 0.717) is 5.69 Å². The van der Waals surface area contributed by atoms with Crippen molar-refractivity contribution in [3.63, 3.8) is 0 Å². The van der Waals surface area contributed by atoms with E-state index in [9.17, 15) is 9.59 Å². The minimum absolute atomic E-state index is 0.130. The second-order valence-corrected chi connectivity index (χ2v) is 3.09. The average molecular weight is 208 g/mol. The van der Waals surface area contributed by atoms with E-state index >= 15 is 0 Å². The van der Waals surface area contributed by atoms with Crippen LogP contribution in [0.4, 0.5) is 5.69 Å². The number of hydrogen-bond donors (Lipinski definition) is 3. The van der Waals surface area contributed by atoms with Gasteiger partial charge in [-0.15, -0.1) is 0 Å². The summed E-state index contributed by atoms with van der Waals surface area (Å²) in [5.41, 5.74) is 6.54. The van der Waals surface area contributed by atoms with Crippen molar-refractivity contribution >= 4 is 17.6 Å². The number of carboxylic acid groups (broad SMARTS) is 1. The number of anilines is 1. The Morgan fingerprint density at radius 3 is 2.33 bits per heavy atom. The Labute approximate surface area is 86.9 Å². The summed E-state index contributed by atoms with van der Waals surface area (Å²) >= 11 is 0. The zero-order chi connectivity index (χ0) is 11.3. The van der Waals surface area contributed by atoms with Gasteiger partial charge in [0.1, 0.15) is 6.54 Å². The number of carboxylic acids is 1. The van der Waals surface area contributed by atoms with E-state index in [4.69, 9.17) is 10.8 Å². The molecule has 0 aromatic heterocycles. The van der Waals surface area contributed by atoms with Crippen molar-refractivity contribution in [3.8, 4) is 0 Å². The molecule has 1 amide bonds. The van der Waals surface area contributed by atoms with E-state index in [1.165, 1.54) is 0 Å². The highest BCUT2D eigenvalue weighted by atomic mass is 16.4. The molecule has 0 fully saturated rings. The first kappa shape index (κ1) is 11.0. The molecule has 0 aliphatic carbocycles. The topological polar surface area (TPSA) is 92.4 Å². The third kappa shape index (κ3) is 4.12. The normalized spacial score (nSPS) is 9.60. The van der Waals surface area contributed by atoms with Gasteiger partial charge >= 0.3 is 5.97 Å². The summed E-state index contributed by atoms with van der Waals surface area (Å²) in [4.78, 5) is 20.9. The van der Waals surface area contributed by atoms with Crippen molar-refractivity contribution in [3.05, 3.63) is 29.8 Å². The molecule has 0 bridgehead atoms. The van der Waals surface area contributed by atoms with Gasteiger partial charge in [0.05, 0.1) is 6.42 Å². The smallest absolute Gasteiger partial charge is 0.322 e. The van der Waals surface area contributed by atoms with Gasteiger partial charge in [-0.05, 0) is 17.7 Å². The van der Waals surface area contributed by atoms with Crippen LogP contribution in [0.5, 0.6) is 0 Å². The molecule has 0 atom stereocenters. The molecule has 0 aliphatic heterocycles. The van der Waals surface area contributed by atoms with Gasteiger partial charge in [0, 0.05) is 5.69 Å². The molecule has 0 saturated carbocycles. The average Bonchev–Trinajstić information content (AvgIpc) is 2.16. The molecule has 80 valence electrons. The monoisotopic (exact) mass is 208 g/mol. The van der Waals surface area contributed by atoms with Gasteiger partial charge in [0.25, 0.3) is 0 Å². The molecule has 0 saturated heterocycles. The molecular formula is C10H12N2O3. The number of benzene rings is 1. The Kier molecular flexibility index (Phi) is 3.68. The number of nitrogens with one attached hydrogen (secondary N) is 1. The SMILES string of the molecule is NC(=O)Cc1ccc(NCC(=O)O)cc1. The van der Waals surface area contributed by atoms with Crippen LogP contribution in [0.2, 0.25) is 0 Å². The molecular weight excluding hydrogens is 196 g/mol. The van der Waals surface area contributed by atoms with E-state index in [-0.39, 0.29) is 18.9 Å². The standard InChI is InChI=1S/C10H12N2O3/c11-9(13)5-7-1-3-8(4-2-7)12-6-10(14)15/h1-4,12H,5-6H2,(H2,11,13)(H,14,15). The summed E-state index contributed by atoms with van der Waals surface area (Å²) in [5.74, 6) is -1.31. The predicted molar refractivity (Wildman–Crippen MR) is 55.5 cm³/mol. The van der Waals surface area contributed by atoms with Crippen LogP contribution >= 0.6 is 0 Å². The van der Waals surface area contributed by atoms with E-state index in [2.05, 4.69) is 5.32 Å². The van der Waals surface area contributed by atoms with Crippen LogP contribution in [-0.4, -0.2) is 23.5 Å².